The molecular formula is C20H20N2O4S. The topological polar surface area (TPSA) is 97.5 Å². The Balaban J connectivity index is 1.76. The summed E-state index contributed by atoms with van der Waals surface area (Å²) < 4.78 is 26.0. The van der Waals surface area contributed by atoms with Crippen LogP contribution in [-0.4, -0.2) is 44.6 Å². The maximum Gasteiger partial charge on any atom is 0.253 e. The van der Waals surface area contributed by atoms with Gasteiger partial charge in [0.15, 0.2) is 5.78 Å². The van der Waals surface area contributed by atoms with E-state index in [9.17, 15) is 18.0 Å². The molecule has 2 aromatic rings. The fraction of sp³-hybridized carbons (Fsp3) is 0.300. The Morgan fingerprint density at radius 3 is 2.56 bits per heavy atom. The average molecular weight is 384 g/mol. The second kappa shape index (κ2) is 6.00. The Morgan fingerprint density at radius 2 is 1.85 bits per heavy atom. The number of likely N-dealkylation sites (tertiary alicyclic amines) is 1. The van der Waals surface area contributed by atoms with Gasteiger partial charge in [0.25, 0.3) is 5.91 Å². The van der Waals surface area contributed by atoms with Crippen molar-refractivity contribution in [2.45, 2.75) is 23.1 Å². The third kappa shape index (κ3) is 2.69. The molecule has 1 fully saturated rings. The Labute approximate surface area is 157 Å². The highest BCUT2D eigenvalue weighted by Gasteiger charge is 2.38. The summed E-state index contributed by atoms with van der Waals surface area (Å²) in [5, 5.41) is 0. The maximum absolute atomic E-state index is 13.0. The molecule has 27 heavy (non-hydrogen) atoms. The highest BCUT2D eigenvalue weighted by Crippen LogP contribution is 2.35. The first-order valence-electron chi connectivity index (χ1n) is 8.79. The van der Waals surface area contributed by atoms with Gasteiger partial charge in [-0.3, -0.25) is 9.59 Å². The number of carbonyl (C=O) groups is 2. The van der Waals surface area contributed by atoms with E-state index in [1.54, 1.807) is 17.0 Å². The fourth-order valence-corrected chi connectivity index (χ4v) is 5.44. The molecule has 140 valence electrons. The first-order chi connectivity index (χ1) is 12.8. The van der Waals surface area contributed by atoms with Gasteiger partial charge < -0.3 is 10.6 Å². The first-order valence-corrected chi connectivity index (χ1v) is 10.3. The van der Waals surface area contributed by atoms with Crippen LogP contribution < -0.4 is 5.73 Å². The highest BCUT2D eigenvalue weighted by atomic mass is 32.2. The fourth-order valence-electron chi connectivity index (χ4n) is 3.76. The summed E-state index contributed by atoms with van der Waals surface area (Å²) in [5.74, 6) is -0.581. The van der Waals surface area contributed by atoms with Gasteiger partial charge in [-0.05, 0) is 48.7 Å². The lowest BCUT2D eigenvalue weighted by atomic mass is 9.90. The Morgan fingerprint density at radius 1 is 1.15 bits per heavy atom. The lowest BCUT2D eigenvalue weighted by Gasteiger charge is -2.23. The van der Waals surface area contributed by atoms with Crippen LogP contribution in [0.5, 0.6) is 0 Å². The molecule has 2 aliphatic rings. The molecule has 2 aromatic carbocycles. The Kier molecular flexibility index (Phi) is 3.98. The van der Waals surface area contributed by atoms with Gasteiger partial charge in [0.1, 0.15) is 0 Å². The number of sulfone groups is 1. The van der Waals surface area contributed by atoms with Gasteiger partial charge >= 0.3 is 0 Å². The number of amides is 1. The predicted octanol–water partition coefficient (Wildman–Crippen LogP) is 1.87. The number of hydrogen-bond donors (Lipinski definition) is 1. The maximum atomic E-state index is 13.0. The largest absolute Gasteiger partial charge is 0.338 e. The minimum absolute atomic E-state index is 0.0102. The van der Waals surface area contributed by atoms with Crippen LogP contribution in [0.4, 0.5) is 0 Å². The average Bonchev–Trinajstić information content (AvgIpc) is 3.08. The van der Waals surface area contributed by atoms with Crippen LogP contribution >= 0.6 is 0 Å². The molecule has 1 atom stereocenters. The summed E-state index contributed by atoms with van der Waals surface area (Å²) in [6.07, 6.45) is 0.810. The highest BCUT2D eigenvalue weighted by molar-refractivity contribution is 7.91. The molecule has 0 bridgehead atoms. The van der Waals surface area contributed by atoms with Crippen molar-refractivity contribution in [2.24, 2.45) is 11.1 Å². The van der Waals surface area contributed by atoms with Gasteiger partial charge in [-0.25, -0.2) is 8.42 Å². The second-order valence-electron chi connectivity index (χ2n) is 7.53. The molecule has 1 amide bonds. The molecular weight excluding hydrogens is 364 g/mol. The zero-order chi connectivity index (χ0) is 19.4. The van der Waals surface area contributed by atoms with E-state index < -0.39 is 9.84 Å². The lowest BCUT2D eigenvalue weighted by molar-refractivity contribution is 0.0776. The molecule has 2 aliphatic heterocycles. The van der Waals surface area contributed by atoms with Gasteiger partial charge in [0.05, 0.1) is 9.79 Å². The molecule has 0 aliphatic carbocycles. The van der Waals surface area contributed by atoms with Crippen LogP contribution in [0.15, 0.2) is 52.3 Å². The van der Waals surface area contributed by atoms with Crippen LogP contribution in [0.2, 0.25) is 0 Å². The van der Waals surface area contributed by atoms with Crippen molar-refractivity contribution in [1.82, 2.24) is 4.90 Å². The van der Waals surface area contributed by atoms with Crippen LogP contribution in [0.3, 0.4) is 0 Å². The molecule has 0 spiro atoms. The molecule has 4 rings (SSSR count). The summed E-state index contributed by atoms with van der Waals surface area (Å²) in [4.78, 5) is 27.1. The summed E-state index contributed by atoms with van der Waals surface area (Å²) in [6.45, 7) is 3.64. The van der Waals surface area contributed by atoms with Crippen molar-refractivity contribution in [3.63, 3.8) is 0 Å². The van der Waals surface area contributed by atoms with E-state index >= 15 is 0 Å². The summed E-state index contributed by atoms with van der Waals surface area (Å²) in [7, 11) is -3.85. The molecule has 2 heterocycles. The van der Waals surface area contributed by atoms with E-state index in [0.717, 1.165) is 6.42 Å². The first kappa shape index (κ1) is 17.9. The number of carbonyl (C=O) groups excluding carboxylic acids is 2. The molecule has 7 heteroatoms. The normalized spacial score (nSPS) is 23.0. The van der Waals surface area contributed by atoms with E-state index in [1.807, 2.05) is 6.92 Å². The minimum Gasteiger partial charge on any atom is -0.338 e. The molecule has 0 saturated carbocycles. The van der Waals surface area contributed by atoms with Gasteiger partial charge in [-0.15, -0.1) is 0 Å². The van der Waals surface area contributed by atoms with E-state index in [2.05, 4.69) is 0 Å². The van der Waals surface area contributed by atoms with E-state index in [-0.39, 0.29) is 43.6 Å². The van der Waals surface area contributed by atoms with Crippen molar-refractivity contribution in [3.05, 3.63) is 59.2 Å². The molecule has 0 aromatic heterocycles. The molecule has 2 N–H and O–H groups in total. The number of fused-ring (bicyclic) bond motifs is 2. The Hall–Kier alpha value is -2.51. The smallest absolute Gasteiger partial charge is 0.253 e. The van der Waals surface area contributed by atoms with Gasteiger partial charge in [0, 0.05) is 29.8 Å². The van der Waals surface area contributed by atoms with Crippen LogP contribution in [0.1, 0.15) is 39.6 Å². The van der Waals surface area contributed by atoms with E-state index in [0.29, 0.717) is 19.6 Å². The molecule has 6 nitrogen and oxygen atoms in total. The van der Waals surface area contributed by atoms with Gasteiger partial charge in [0.2, 0.25) is 9.84 Å². The summed E-state index contributed by atoms with van der Waals surface area (Å²) in [5.41, 5.74) is 6.23. The molecule has 1 saturated heterocycles. The Bertz CT molecular complexity index is 1080. The van der Waals surface area contributed by atoms with Crippen molar-refractivity contribution in [3.8, 4) is 0 Å². The van der Waals surface area contributed by atoms with Gasteiger partial charge in [-0.2, -0.15) is 0 Å². The quantitative estimate of drug-likeness (QED) is 0.727. The van der Waals surface area contributed by atoms with Crippen molar-refractivity contribution in [1.29, 1.82) is 0 Å². The summed E-state index contributed by atoms with van der Waals surface area (Å²) >= 11 is 0. The van der Waals surface area contributed by atoms with Crippen molar-refractivity contribution < 1.29 is 18.0 Å². The third-order valence-corrected chi connectivity index (χ3v) is 7.37. The predicted molar refractivity (Wildman–Crippen MR) is 99.5 cm³/mol. The summed E-state index contributed by atoms with van der Waals surface area (Å²) in [6, 6.07) is 10.5. The minimum atomic E-state index is -3.85. The number of rotatable bonds is 2. The zero-order valence-electron chi connectivity index (χ0n) is 14.9. The number of benzene rings is 2. The van der Waals surface area contributed by atoms with Crippen molar-refractivity contribution in [2.75, 3.05) is 19.6 Å². The second-order valence-corrected chi connectivity index (χ2v) is 9.42. The number of hydrogen-bond acceptors (Lipinski definition) is 5. The van der Waals surface area contributed by atoms with Gasteiger partial charge in [-0.1, -0.05) is 19.1 Å². The lowest BCUT2D eigenvalue weighted by Crippen LogP contribution is -2.34. The molecule has 0 radical (unpaired) electrons. The zero-order valence-corrected chi connectivity index (χ0v) is 15.8. The number of nitrogens with two attached hydrogens (primary N) is 1. The van der Waals surface area contributed by atoms with E-state index in [1.165, 1.54) is 30.3 Å². The molecule has 1 unspecified atom stereocenters. The van der Waals surface area contributed by atoms with Crippen LogP contribution in [0.25, 0.3) is 0 Å². The standard InChI is InChI=1S/C20H20N2O4S/c1-20(11-21)8-9-22(12-20)19(24)13-6-7-15-17(10-13)27(25,26)16-5-3-2-4-14(16)18(15)23/h2-7,10H,8-9,11-12,21H2,1H3. The van der Waals surface area contributed by atoms with E-state index in [4.69, 9.17) is 5.73 Å². The third-order valence-electron chi connectivity index (χ3n) is 5.52. The van der Waals surface area contributed by atoms with Crippen LogP contribution in [0, 0.1) is 5.41 Å². The number of nitrogens with zero attached hydrogens (tertiary/aromatic N) is 1. The van der Waals surface area contributed by atoms with Crippen molar-refractivity contribution >= 4 is 21.5 Å². The number of ketones is 1. The van der Waals surface area contributed by atoms with Crippen LogP contribution in [-0.2, 0) is 9.84 Å². The monoisotopic (exact) mass is 384 g/mol. The SMILES string of the molecule is CC1(CN)CCN(C(=O)c2ccc3c(c2)S(=O)(=O)c2ccccc2C3=O)C1.